The molecule has 0 aromatic carbocycles. The standard InChI is InChI=1S/C32H64NO7P/c1-6-8-10-12-14-15-16-17-18-19-20-22-24-27-37-29-31(40-32(34)25-23-21-13-11-9-7-2)30-39-41(35,36)38-28-26-33(3,4)5/h14-15,31H,6-13,16-30H2,1-5H3/b15-14-. The highest BCUT2D eigenvalue weighted by Gasteiger charge is 2.20. The molecule has 244 valence electrons. The number of esters is 1. The van der Waals surface area contributed by atoms with Crippen molar-refractivity contribution < 1.29 is 37.3 Å². The molecular weight excluding hydrogens is 541 g/mol. The average Bonchev–Trinajstić information content (AvgIpc) is 2.90. The molecule has 2 atom stereocenters. The number of hydrogen-bond acceptors (Lipinski definition) is 7. The van der Waals surface area contributed by atoms with E-state index in [0.717, 1.165) is 32.1 Å². The van der Waals surface area contributed by atoms with Crippen LogP contribution in [0.5, 0.6) is 0 Å². The number of ether oxygens (including phenoxy) is 2. The maximum absolute atomic E-state index is 12.4. The zero-order valence-corrected chi connectivity index (χ0v) is 28.1. The number of quaternary nitrogens is 1. The molecule has 2 unspecified atom stereocenters. The van der Waals surface area contributed by atoms with Gasteiger partial charge in [-0.2, -0.15) is 0 Å². The van der Waals surface area contributed by atoms with E-state index in [1.54, 1.807) is 0 Å². The summed E-state index contributed by atoms with van der Waals surface area (Å²) in [6.07, 6.45) is 23.8. The van der Waals surface area contributed by atoms with Crippen LogP contribution >= 0.6 is 7.82 Å². The number of hydrogen-bond donors (Lipinski definition) is 0. The first kappa shape index (κ1) is 40.2. The fraction of sp³-hybridized carbons (Fsp3) is 0.906. The third-order valence-corrected chi connectivity index (χ3v) is 7.78. The Morgan fingerprint density at radius 3 is 1.90 bits per heavy atom. The van der Waals surface area contributed by atoms with Crippen LogP contribution in [-0.2, 0) is 27.9 Å². The van der Waals surface area contributed by atoms with Gasteiger partial charge >= 0.3 is 5.97 Å². The number of rotatable bonds is 30. The fourth-order valence-electron chi connectivity index (χ4n) is 4.18. The molecule has 0 aliphatic heterocycles. The van der Waals surface area contributed by atoms with E-state index in [1.165, 1.54) is 77.0 Å². The second-order valence-electron chi connectivity index (χ2n) is 12.2. The van der Waals surface area contributed by atoms with Gasteiger partial charge in [-0.25, -0.2) is 0 Å². The molecule has 0 aromatic heterocycles. The Bertz CT molecular complexity index is 681. The van der Waals surface area contributed by atoms with Gasteiger partial charge in [0.05, 0.1) is 34.4 Å². The van der Waals surface area contributed by atoms with Crippen molar-refractivity contribution >= 4 is 13.8 Å². The summed E-state index contributed by atoms with van der Waals surface area (Å²) in [5.74, 6) is -0.347. The van der Waals surface area contributed by atoms with Gasteiger partial charge < -0.3 is 27.9 Å². The number of phosphoric ester groups is 1. The second kappa shape index (κ2) is 26.8. The SMILES string of the molecule is CCCCC/C=C\CCCCCCCCOCC(COP(=O)([O-])OCC[N+](C)(C)C)OC(=O)CCCCCCCC. The van der Waals surface area contributed by atoms with Gasteiger partial charge in [-0.1, -0.05) is 96.6 Å². The monoisotopic (exact) mass is 605 g/mol. The Labute approximate surface area is 252 Å². The molecule has 0 fully saturated rings. The average molecular weight is 606 g/mol. The van der Waals surface area contributed by atoms with Gasteiger partial charge in [0.1, 0.15) is 19.3 Å². The van der Waals surface area contributed by atoms with Crippen LogP contribution in [0.2, 0.25) is 0 Å². The molecular formula is C32H64NO7P. The molecule has 0 heterocycles. The van der Waals surface area contributed by atoms with E-state index in [2.05, 4.69) is 26.0 Å². The zero-order chi connectivity index (χ0) is 30.7. The summed E-state index contributed by atoms with van der Waals surface area (Å²) >= 11 is 0. The molecule has 0 spiro atoms. The van der Waals surface area contributed by atoms with Crippen molar-refractivity contribution in [3.8, 4) is 0 Å². The van der Waals surface area contributed by atoms with Crippen LogP contribution in [-0.4, -0.2) is 70.7 Å². The molecule has 0 aromatic rings. The molecule has 0 saturated carbocycles. The molecule has 0 rings (SSSR count). The van der Waals surface area contributed by atoms with Crippen molar-refractivity contribution in [2.75, 3.05) is 54.1 Å². The fourth-order valence-corrected chi connectivity index (χ4v) is 4.91. The van der Waals surface area contributed by atoms with E-state index >= 15 is 0 Å². The number of phosphoric acid groups is 1. The highest BCUT2D eigenvalue weighted by atomic mass is 31.2. The highest BCUT2D eigenvalue weighted by Crippen LogP contribution is 2.38. The van der Waals surface area contributed by atoms with E-state index in [9.17, 15) is 14.3 Å². The van der Waals surface area contributed by atoms with Crippen LogP contribution in [0.15, 0.2) is 12.2 Å². The van der Waals surface area contributed by atoms with Gasteiger partial charge in [-0.3, -0.25) is 9.36 Å². The molecule has 0 amide bonds. The summed E-state index contributed by atoms with van der Waals surface area (Å²) in [7, 11) is 1.35. The second-order valence-corrected chi connectivity index (χ2v) is 13.6. The number of allylic oxidation sites excluding steroid dienone is 2. The minimum absolute atomic E-state index is 0.0268. The Morgan fingerprint density at radius 2 is 1.27 bits per heavy atom. The topological polar surface area (TPSA) is 94.1 Å². The van der Waals surface area contributed by atoms with Gasteiger partial charge in [0, 0.05) is 13.0 Å². The van der Waals surface area contributed by atoms with E-state index in [0.29, 0.717) is 24.1 Å². The zero-order valence-electron chi connectivity index (χ0n) is 27.2. The minimum Gasteiger partial charge on any atom is -0.756 e. The lowest BCUT2D eigenvalue weighted by Crippen LogP contribution is -2.37. The van der Waals surface area contributed by atoms with Crippen molar-refractivity contribution in [1.29, 1.82) is 0 Å². The number of nitrogens with zero attached hydrogens (tertiary/aromatic N) is 1. The number of likely N-dealkylation sites (N-methyl/N-ethyl adjacent to an activating group) is 1. The number of carbonyl (C=O) groups is 1. The van der Waals surface area contributed by atoms with E-state index in [-0.39, 0.29) is 25.8 Å². The van der Waals surface area contributed by atoms with Gasteiger partial charge in [-0.05, 0) is 38.5 Å². The van der Waals surface area contributed by atoms with E-state index in [4.69, 9.17) is 18.5 Å². The van der Waals surface area contributed by atoms with Crippen molar-refractivity contribution in [2.45, 2.75) is 136 Å². The molecule has 0 saturated heterocycles. The predicted octanol–water partition coefficient (Wildman–Crippen LogP) is 7.74. The summed E-state index contributed by atoms with van der Waals surface area (Å²) in [6, 6.07) is 0. The third kappa shape index (κ3) is 30.5. The maximum atomic E-state index is 12.4. The summed E-state index contributed by atoms with van der Waals surface area (Å²) in [4.78, 5) is 24.6. The summed E-state index contributed by atoms with van der Waals surface area (Å²) in [5.41, 5.74) is 0. The molecule has 41 heavy (non-hydrogen) atoms. The lowest BCUT2D eigenvalue weighted by atomic mass is 10.1. The van der Waals surface area contributed by atoms with Crippen LogP contribution in [0.4, 0.5) is 0 Å². The minimum atomic E-state index is -4.50. The smallest absolute Gasteiger partial charge is 0.306 e. The third-order valence-electron chi connectivity index (χ3n) is 6.82. The summed E-state index contributed by atoms with van der Waals surface area (Å²) < 4.78 is 34.1. The molecule has 9 heteroatoms. The Balaban J connectivity index is 4.29. The molecule has 0 aliphatic rings. The van der Waals surface area contributed by atoms with Crippen LogP contribution in [0.1, 0.15) is 129 Å². The van der Waals surface area contributed by atoms with Gasteiger partial charge in [0.2, 0.25) is 0 Å². The summed E-state index contributed by atoms with van der Waals surface area (Å²) in [5, 5.41) is 0. The van der Waals surface area contributed by atoms with E-state index in [1.807, 2.05) is 21.1 Å². The molecule has 0 radical (unpaired) electrons. The largest absolute Gasteiger partial charge is 0.756 e. The van der Waals surface area contributed by atoms with Gasteiger partial charge in [0.15, 0.2) is 0 Å². The van der Waals surface area contributed by atoms with Crippen LogP contribution in [0.25, 0.3) is 0 Å². The molecule has 0 N–H and O–H groups in total. The van der Waals surface area contributed by atoms with Crippen molar-refractivity contribution in [3.05, 3.63) is 12.2 Å². The van der Waals surface area contributed by atoms with Gasteiger partial charge in [0.25, 0.3) is 7.82 Å². The first-order valence-electron chi connectivity index (χ1n) is 16.4. The van der Waals surface area contributed by atoms with Crippen molar-refractivity contribution in [1.82, 2.24) is 0 Å². The van der Waals surface area contributed by atoms with Crippen LogP contribution in [0.3, 0.4) is 0 Å². The summed E-state index contributed by atoms with van der Waals surface area (Å²) in [6.45, 7) is 5.30. The van der Waals surface area contributed by atoms with E-state index < -0.39 is 13.9 Å². The van der Waals surface area contributed by atoms with Crippen LogP contribution < -0.4 is 4.89 Å². The Kier molecular flexibility index (Phi) is 26.3. The predicted molar refractivity (Wildman–Crippen MR) is 167 cm³/mol. The Hall–Kier alpha value is -0.760. The highest BCUT2D eigenvalue weighted by molar-refractivity contribution is 7.45. The Morgan fingerprint density at radius 1 is 0.732 bits per heavy atom. The van der Waals surface area contributed by atoms with Gasteiger partial charge in [-0.15, -0.1) is 0 Å². The maximum Gasteiger partial charge on any atom is 0.306 e. The number of carbonyl (C=O) groups excluding carboxylic acids is 1. The molecule has 0 bridgehead atoms. The lowest BCUT2D eigenvalue weighted by molar-refractivity contribution is -0.870. The normalized spacial score (nSPS) is 14.4. The first-order chi connectivity index (χ1) is 19.6. The molecule has 8 nitrogen and oxygen atoms in total. The first-order valence-corrected chi connectivity index (χ1v) is 17.9. The van der Waals surface area contributed by atoms with Crippen molar-refractivity contribution in [2.24, 2.45) is 0 Å². The molecule has 0 aliphatic carbocycles. The van der Waals surface area contributed by atoms with Crippen LogP contribution in [0, 0.1) is 0 Å². The number of unbranched alkanes of at least 4 members (excludes halogenated alkanes) is 14. The lowest BCUT2D eigenvalue weighted by Gasteiger charge is -2.28. The van der Waals surface area contributed by atoms with Crippen molar-refractivity contribution in [3.63, 3.8) is 0 Å². The quantitative estimate of drug-likeness (QED) is 0.0272.